The van der Waals surface area contributed by atoms with Crippen LogP contribution in [0, 0.1) is 10.8 Å². The summed E-state index contributed by atoms with van der Waals surface area (Å²) in [6, 6.07) is 5.28. The van der Waals surface area contributed by atoms with Gasteiger partial charge in [-0.25, -0.2) is 0 Å². The lowest BCUT2D eigenvalue weighted by molar-refractivity contribution is 0.570. The summed E-state index contributed by atoms with van der Waals surface area (Å²) in [6.07, 6.45) is 2.18. The summed E-state index contributed by atoms with van der Waals surface area (Å²) in [5.41, 5.74) is 0.960. The van der Waals surface area contributed by atoms with Crippen LogP contribution < -0.4 is 4.74 Å². The summed E-state index contributed by atoms with van der Waals surface area (Å²) in [6.45, 7) is 1.91. The average Bonchev–Trinajstić information content (AvgIpc) is 2.20. The maximum Gasteiger partial charge on any atom is 0.173 e. The van der Waals surface area contributed by atoms with Crippen molar-refractivity contribution >= 4 is 24.2 Å². The van der Waals surface area contributed by atoms with Gasteiger partial charge in [0.25, 0.3) is 0 Å². The molecule has 0 aromatic heterocycles. The Kier molecular flexibility index (Phi) is 3.65. The summed E-state index contributed by atoms with van der Waals surface area (Å²) in [7, 11) is 0. The van der Waals surface area contributed by atoms with Crippen LogP contribution in [0.25, 0.3) is 0 Å². The van der Waals surface area contributed by atoms with Crippen LogP contribution in [-0.4, -0.2) is 12.6 Å². The van der Waals surface area contributed by atoms with Crippen molar-refractivity contribution in [3.05, 3.63) is 28.8 Å². The van der Waals surface area contributed by atoms with Gasteiger partial charge in [-0.15, -0.1) is 0 Å². The molecular weight excluding hydrogens is 200 g/mol. The van der Waals surface area contributed by atoms with Gasteiger partial charge < -0.3 is 10.1 Å². The van der Waals surface area contributed by atoms with Crippen molar-refractivity contribution in [1.82, 2.24) is 0 Å². The zero-order chi connectivity index (χ0) is 10.6. The molecule has 0 aliphatic heterocycles. The fourth-order valence-electron chi connectivity index (χ4n) is 1.06. The molecule has 0 fully saturated rings. The molecule has 0 aliphatic rings. The molecule has 14 heavy (non-hydrogen) atoms. The molecule has 0 saturated carbocycles. The summed E-state index contributed by atoms with van der Waals surface area (Å²) in [5, 5.41) is 14.3. The van der Waals surface area contributed by atoms with Crippen LogP contribution in [0.15, 0.2) is 18.2 Å². The maximum atomic E-state index is 7.12. The average molecular weight is 211 g/mol. The predicted octanol–water partition coefficient (Wildman–Crippen LogP) is 3.08. The van der Waals surface area contributed by atoms with Gasteiger partial charge in [-0.05, 0) is 17.7 Å². The molecule has 1 unspecified atom stereocenters. The van der Waals surface area contributed by atoms with E-state index in [1.54, 1.807) is 12.1 Å². The SMILES string of the molecule is CC(C=N)c1ccc(OC=N)c(Cl)c1. The Hall–Kier alpha value is -1.35. The molecule has 0 spiro atoms. The second-order valence-corrected chi connectivity index (χ2v) is 3.29. The summed E-state index contributed by atoms with van der Waals surface area (Å²) < 4.78 is 4.86. The zero-order valence-electron chi connectivity index (χ0n) is 7.75. The molecule has 0 radical (unpaired) electrons. The molecule has 4 heteroatoms. The topological polar surface area (TPSA) is 56.9 Å². The number of ether oxygens (including phenoxy) is 1. The van der Waals surface area contributed by atoms with Gasteiger partial charge in [0, 0.05) is 12.1 Å². The van der Waals surface area contributed by atoms with E-state index in [1.165, 1.54) is 6.21 Å². The standard InChI is InChI=1S/C10H11ClN2O/c1-7(5-12)8-2-3-10(14-6-13)9(11)4-8/h2-7,12-13H,1H3. The van der Waals surface area contributed by atoms with Crippen LogP contribution in [0.5, 0.6) is 5.75 Å². The molecular formula is C10H11ClN2O. The van der Waals surface area contributed by atoms with Crippen LogP contribution in [0.1, 0.15) is 18.4 Å². The van der Waals surface area contributed by atoms with Gasteiger partial charge in [-0.1, -0.05) is 24.6 Å². The number of hydrogen-bond acceptors (Lipinski definition) is 3. The number of hydrogen-bond donors (Lipinski definition) is 2. The Labute approximate surface area is 87.7 Å². The van der Waals surface area contributed by atoms with E-state index >= 15 is 0 Å². The highest BCUT2D eigenvalue weighted by molar-refractivity contribution is 6.32. The third-order valence-corrected chi connectivity index (χ3v) is 2.21. The minimum absolute atomic E-state index is 0.0431. The Morgan fingerprint density at radius 2 is 2.14 bits per heavy atom. The first-order valence-electron chi connectivity index (χ1n) is 4.14. The second kappa shape index (κ2) is 4.77. The van der Waals surface area contributed by atoms with E-state index in [9.17, 15) is 0 Å². The number of halogens is 1. The number of rotatable bonds is 4. The van der Waals surface area contributed by atoms with Crippen molar-refractivity contribution in [3.8, 4) is 5.75 Å². The molecule has 1 rings (SSSR count). The molecule has 0 heterocycles. The minimum Gasteiger partial charge on any atom is -0.445 e. The highest BCUT2D eigenvalue weighted by Crippen LogP contribution is 2.27. The van der Waals surface area contributed by atoms with Crippen molar-refractivity contribution in [3.63, 3.8) is 0 Å². The van der Waals surface area contributed by atoms with Crippen LogP contribution in [0.4, 0.5) is 0 Å². The van der Waals surface area contributed by atoms with Crippen LogP contribution in [0.3, 0.4) is 0 Å². The van der Waals surface area contributed by atoms with Gasteiger partial charge in [0.15, 0.2) is 6.40 Å². The van der Waals surface area contributed by atoms with Gasteiger partial charge in [-0.3, -0.25) is 5.41 Å². The second-order valence-electron chi connectivity index (χ2n) is 2.88. The van der Waals surface area contributed by atoms with Crippen molar-refractivity contribution in [2.75, 3.05) is 0 Å². The van der Waals surface area contributed by atoms with E-state index in [0.717, 1.165) is 12.0 Å². The van der Waals surface area contributed by atoms with Gasteiger partial charge in [0.05, 0.1) is 5.02 Å². The van der Waals surface area contributed by atoms with Gasteiger partial charge in [0.1, 0.15) is 5.75 Å². The monoisotopic (exact) mass is 210 g/mol. The Bertz CT molecular complexity index is 352. The van der Waals surface area contributed by atoms with Crippen LogP contribution in [-0.2, 0) is 0 Å². The van der Waals surface area contributed by atoms with E-state index in [-0.39, 0.29) is 5.92 Å². The molecule has 0 amide bonds. The van der Waals surface area contributed by atoms with E-state index in [2.05, 4.69) is 0 Å². The van der Waals surface area contributed by atoms with E-state index in [4.69, 9.17) is 27.2 Å². The predicted molar refractivity (Wildman–Crippen MR) is 58.1 cm³/mol. The number of benzene rings is 1. The van der Waals surface area contributed by atoms with Gasteiger partial charge >= 0.3 is 0 Å². The highest BCUT2D eigenvalue weighted by atomic mass is 35.5. The molecule has 3 nitrogen and oxygen atoms in total. The van der Waals surface area contributed by atoms with Crippen LogP contribution in [0.2, 0.25) is 5.02 Å². The Morgan fingerprint density at radius 3 is 2.64 bits per heavy atom. The molecule has 0 aliphatic carbocycles. The first kappa shape index (κ1) is 10.7. The van der Waals surface area contributed by atoms with Crippen LogP contribution >= 0.6 is 11.6 Å². The summed E-state index contributed by atoms with van der Waals surface area (Å²) in [4.78, 5) is 0. The third-order valence-electron chi connectivity index (χ3n) is 1.92. The zero-order valence-corrected chi connectivity index (χ0v) is 8.51. The van der Waals surface area contributed by atoms with E-state index in [0.29, 0.717) is 10.8 Å². The first-order chi connectivity index (χ1) is 6.69. The van der Waals surface area contributed by atoms with Crippen molar-refractivity contribution in [1.29, 1.82) is 10.8 Å². The van der Waals surface area contributed by atoms with E-state index < -0.39 is 0 Å². The van der Waals surface area contributed by atoms with Gasteiger partial charge in [-0.2, -0.15) is 0 Å². The first-order valence-corrected chi connectivity index (χ1v) is 4.52. The quantitative estimate of drug-likeness (QED) is 0.582. The molecule has 0 saturated heterocycles. The normalized spacial score (nSPS) is 11.9. The number of nitrogens with one attached hydrogen (secondary N) is 2. The maximum absolute atomic E-state index is 7.12. The van der Waals surface area contributed by atoms with Crippen molar-refractivity contribution in [2.45, 2.75) is 12.8 Å². The molecule has 2 N–H and O–H groups in total. The van der Waals surface area contributed by atoms with Crippen molar-refractivity contribution in [2.24, 2.45) is 0 Å². The molecule has 1 aromatic rings. The lowest BCUT2D eigenvalue weighted by atomic mass is 10.0. The molecule has 74 valence electrons. The van der Waals surface area contributed by atoms with Crippen molar-refractivity contribution < 1.29 is 4.74 Å². The Morgan fingerprint density at radius 1 is 1.43 bits per heavy atom. The highest BCUT2D eigenvalue weighted by Gasteiger charge is 2.06. The third kappa shape index (κ3) is 2.33. The fourth-order valence-corrected chi connectivity index (χ4v) is 1.29. The lowest BCUT2D eigenvalue weighted by Gasteiger charge is -2.08. The minimum atomic E-state index is 0.0431. The summed E-state index contributed by atoms with van der Waals surface area (Å²) >= 11 is 5.91. The Balaban J connectivity index is 2.99. The smallest absolute Gasteiger partial charge is 0.173 e. The molecule has 1 atom stereocenters. The largest absolute Gasteiger partial charge is 0.445 e. The lowest BCUT2D eigenvalue weighted by Crippen LogP contribution is -1.95. The fraction of sp³-hybridized carbons (Fsp3) is 0.200. The van der Waals surface area contributed by atoms with E-state index in [1.807, 2.05) is 13.0 Å². The molecule has 0 bridgehead atoms. The molecule has 1 aromatic carbocycles. The summed E-state index contributed by atoms with van der Waals surface area (Å²) in [5.74, 6) is 0.504. The van der Waals surface area contributed by atoms with Gasteiger partial charge in [0.2, 0.25) is 0 Å².